The average Bonchev–Trinajstić information content (AvgIpc) is 3.50. The zero-order chi connectivity index (χ0) is 27.8. The fraction of sp³-hybridized carbons (Fsp3) is 0.516. The zero-order valence-electron chi connectivity index (χ0n) is 22.9. The quantitative estimate of drug-likeness (QED) is 0.421. The second-order valence-electron chi connectivity index (χ2n) is 11.8. The van der Waals surface area contributed by atoms with Gasteiger partial charge in [0.15, 0.2) is 0 Å². The lowest BCUT2D eigenvalue weighted by Gasteiger charge is -2.37. The van der Waals surface area contributed by atoms with Gasteiger partial charge in [0.05, 0.1) is 29.2 Å². The molecule has 0 radical (unpaired) electrons. The van der Waals surface area contributed by atoms with E-state index in [1.54, 1.807) is 16.7 Å². The Kier molecular flexibility index (Phi) is 7.80. The van der Waals surface area contributed by atoms with Gasteiger partial charge in [0.25, 0.3) is 0 Å². The lowest BCUT2D eigenvalue weighted by Crippen LogP contribution is -2.56. The maximum absolute atomic E-state index is 14.3. The molecule has 2 bridgehead atoms. The van der Waals surface area contributed by atoms with Crippen LogP contribution in [0.15, 0.2) is 60.7 Å². The third kappa shape index (κ3) is 4.97. The van der Waals surface area contributed by atoms with E-state index in [9.17, 15) is 19.5 Å². The topological polar surface area (TPSA) is 98.7 Å². The predicted molar refractivity (Wildman–Crippen MR) is 152 cm³/mol. The van der Waals surface area contributed by atoms with Gasteiger partial charge in [-0.05, 0) is 43.2 Å². The van der Waals surface area contributed by atoms with Crippen LogP contribution in [0.2, 0.25) is 0 Å². The minimum atomic E-state index is -0.742. The second kappa shape index (κ2) is 11.0. The first-order valence-corrected chi connectivity index (χ1v) is 14.8. The van der Waals surface area contributed by atoms with E-state index >= 15 is 0 Å². The number of fused-ring (bicyclic) bond motifs is 1. The van der Waals surface area contributed by atoms with Gasteiger partial charge in [0, 0.05) is 17.8 Å². The van der Waals surface area contributed by atoms with Crippen LogP contribution >= 0.6 is 11.8 Å². The summed E-state index contributed by atoms with van der Waals surface area (Å²) in [6, 6.07) is 18.2. The summed E-state index contributed by atoms with van der Waals surface area (Å²) in [4.78, 5) is 43.7. The Morgan fingerprint density at radius 1 is 0.974 bits per heavy atom. The number of hydrogen-bond donors (Lipinski definition) is 3. The van der Waals surface area contributed by atoms with E-state index in [-0.39, 0.29) is 30.2 Å². The van der Waals surface area contributed by atoms with Crippen LogP contribution in [0.25, 0.3) is 0 Å². The van der Waals surface area contributed by atoms with Gasteiger partial charge in [0.1, 0.15) is 6.04 Å². The molecule has 3 amide bonds. The van der Waals surface area contributed by atoms with Gasteiger partial charge in [-0.1, -0.05) is 74.5 Å². The van der Waals surface area contributed by atoms with Crippen LogP contribution in [0.4, 0.5) is 0 Å². The molecular formula is C31H39N3O4S. The summed E-state index contributed by atoms with van der Waals surface area (Å²) in [5, 5.41) is 16.6. The highest BCUT2D eigenvalue weighted by molar-refractivity contribution is 8.02. The summed E-state index contributed by atoms with van der Waals surface area (Å²) in [5.74, 6) is -1.44. The predicted octanol–water partition coefficient (Wildman–Crippen LogP) is 3.51. The fourth-order valence-electron chi connectivity index (χ4n) is 7.05. The number of carbonyl (C=O) groups excluding carboxylic acids is 3. The molecule has 3 heterocycles. The third-order valence-corrected chi connectivity index (χ3v) is 10.7. The molecule has 2 unspecified atom stereocenters. The molecule has 0 aromatic heterocycles. The van der Waals surface area contributed by atoms with Crippen molar-refractivity contribution in [1.29, 1.82) is 0 Å². The van der Waals surface area contributed by atoms with E-state index in [4.69, 9.17) is 0 Å². The van der Waals surface area contributed by atoms with Crippen molar-refractivity contribution in [2.24, 2.45) is 17.8 Å². The maximum atomic E-state index is 14.3. The van der Waals surface area contributed by atoms with Gasteiger partial charge in [-0.25, -0.2) is 0 Å². The molecule has 2 aromatic rings. The molecule has 3 aliphatic heterocycles. The first-order chi connectivity index (χ1) is 18.7. The second-order valence-corrected chi connectivity index (χ2v) is 13.7. The van der Waals surface area contributed by atoms with Crippen molar-refractivity contribution in [3.63, 3.8) is 0 Å². The number of rotatable bonds is 10. The van der Waals surface area contributed by atoms with Crippen molar-refractivity contribution in [2.45, 2.75) is 74.7 Å². The van der Waals surface area contributed by atoms with E-state index in [2.05, 4.69) is 17.6 Å². The van der Waals surface area contributed by atoms with Gasteiger partial charge in [-0.3, -0.25) is 14.4 Å². The molecule has 3 saturated heterocycles. The first kappa shape index (κ1) is 27.7. The monoisotopic (exact) mass is 549 g/mol. The molecule has 208 valence electrons. The van der Waals surface area contributed by atoms with E-state index in [1.807, 2.05) is 74.5 Å². The van der Waals surface area contributed by atoms with Crippen molar-refractivity contribution >= 4 is 29.5 Å². The van der Waals surface area contributed by atoms with Crippen molar-refractivity contribution in [1.82, 2.24) is 15.5 Å². The Bertz CT molecular complexity index is 1210. The smallest absolute Gasteiger partial charge is 0.244 e. The number of hydrogen-bond acceptors (Lipinski definition) is 5. The Labute approximate surface area is 235 Å². The van der Waals surface area contributed by atoms with Crippen LogP contribution < -0.4 is 10.6 Å². The number of likely N-dealkylation sites (tertiary alicyclic amines) is 1. The Morgan fingerprint density at radius 3 is 2.08 bits per heavy atom. The summed E-state index contributed by atoms with van der Waals surface area (Å²) in [6.07, 6.45) is 2.03. The molecule has 0 aliphatic carbocycles. The van der Waals surface area contributed by atoms with Crippen molar-refractivity contribution < 1.29 is 19.5 Å². The first-order valence-electron chi connectivity index (χ1n) is 14.0. The van der Waals surface area contributed by atoms with Crippen LogP contribution in [0.3, 0.4) is 0 Å². The molecule has 8 heteroatoms. The zero-order valence-corrected chi connectivity index (χ0v) is 23.7. The molecule has 3 N–H and O–H groups in total. The highest BCUT2D eigenvalue weighted by atomic mass is 32.2. The number of carbonyl (C=O) groups is 3. The lowest BCUT2D eigenvalue weighted by atomic mass is 9.66. The molecule has 39 heavy (non-hydrogen) atoms. The van der Waals surface area contributed by atoms with Gasteiger partial charge < -0.3 is 20.6 Å². The van der Waals surface area contributed by atoms with Crippen molar-refractivity contribution in [3.05, 3.63) is 71.8 Å². The van der Waals surface area contributed by atoms with Gasteiger partial charge in [0.2, 0.25) is 17.7 Å². The summed E-state index contributed by atoms with van der Waals surface area (Å²) in [5.41, 5.74) is 1.97. The molecule has 7 nitrogen and oxygen atoms in total. The number of nitrogens with one attached hydrogen (secondary N) is 2. The van der Waals surface area contributed by atoms with Crippen LogP contribution in [-0.4, -0.2) is 55.9 Å². The van der Waals surface area contributed by atoms with E-state index < -0.39 is 33.4 Å². The van der Waals surface area contributed by atoms with Gasteiger partial charge in [-0.15, -0.1) is 11.8 Å². The van der Waals surface area contributed by atoms with Crippen LogP contribution in [0, 0.1) is 17.8 Å². The Balaban J connectivity index is 1.46. The molecule has 1 spiro atoms. The molecule has 6 atom stereocenters. The molecule has 3 aliphatic rings. The minimum Gasteiger partial charge on any atom is -0.394 e. The van der Waals surface area contributed by atoms with Crippen molar-refractivity contribution in [3.8, 4) is 0 Å². The molecule has 5 rings (SSSR count). The number of benzene rings is 2. The Hall–Kier alpha value is -2.84. The van der Waals surface area contributed by atoms with E-state index in [0.29, 0.717) is 25.9 Å². The van der Waals surface area contributed by atoms with E-state index in [0.717, 1.165) is 17.5 Å². The minimum absolute atomic E-state index is 0.136. The molecule has 0 saturated carbocycles. The van der Waals surface area contributed by atoms with E-state index in [1.165, 1.54) is 0 Å². The standard InChI is InChI=1S/C31H39N3O4S/c1-20(2)16-23(19-35)34-26(28(37)33-18-22-12-8-5-9-13-22)31-15-14-30(3,39-31)24(25(31)29(34)38)27(36)32-17-21-10-6-4-7-11-21/h4-13,20,23-26,35H,14-19H2,1-3H3,(H,32,36)(H,33,37)/t23-,24+,25+,26?,30-,31?/m1/s1. The molecule has 3 fully saturated rings. The SMILES string of the molecule is CC(C)C[C@H](CO)N1C(=O)[C@@H]2[C@@H](C(=O)NCc3ccccc3)[C@@]3(C)CCC2(S3)C1C(=O)NCc1ccccc1. The van der Waals surface area contributed by atoms with Gasteiger partial charge in [-0.2, -0.15) is 0 Å². The summed E-state index contributed by atoms with van der Waals surface area (Å²) >= 11 is 1.66. The summed E-state index contributed by atoms with van der Waals surface area (Å²) in [6.45, 7) is 6.70. The van der Waals surface area contributed by atoms with Crippen molar-refractivity contribution in [2.75, 3.05) is 6.61 Å². The van der Waals surface area contributed by atoms with Crippen LogP contribution in [0.1, 0.15) is 51.2 Å². The number of aliphatic hydroxyl groups is 1. The summed E-state index contributed by atoms with van der Waals surface area (Å²) in [7, 11) is 0. The summed E-state index contributed by atoms with van der Waals surface area (Å²) < 4.78 is -1.14. The van der Waals surface area contributed by atoms with Crippen LogP contribution in [0.5, 0.6) is 0 Å². The number of thioether (sulfide) groups is 1. The fourth-order valence-corrected chi connectivity index (χ4v) is 9.40. The van der Waals surface area contributed by atoms with Crippen LogP contribution in [-0.2, 0) is 27.5 Å². The highest BCUT2D eigenvalue weighted by Crippen LogP contribution is 2.71. The van der Waals surface area contributed by atoms with Gasteiger partial charge >= 0.3 is 0 Å². The average molecular weight is 550 g/mol. The normalized spacial score (nSPS) is 29.9. The lowest BCUT2D eigenvalue weighted by molar-refractivity contribution is -0.143. The number of nitrogens with zero attached hydrogens (tertiary/aromatic N) is 1. The largest absolute Gasteiger partial charge is 0.394 e. The number of amides is 3. The third-order valence-electron chi connectivity index (χ3n) is 8.71. The molecular weight excluding hydrogens is 510 g/mol. The number of aliphatic hydroxyl groups excluding tert-OH is 1. The maximum Gasteiger partial charge on any atom is 0.244 e. The highest BCUT2D eigenvalue weighted by Gasteiger charge is 2.77. The molecule has 2 aromatic carbocycles. The Morgan fingerprint density at radius 2 is 1.54 bits per heavy atom.